The van der Waals surface area contributed by atoms with Crippen molar-refractivity contribution in [3.63, 3.8) is 0 Å². The van der Waals surface area contributed by atoms with Crippen LogP contribution in [0.2, 0.25) is 0 Å². The van der Waals surface area contributed by atoms with Gasteiger partial charge in [0.15, 0.2) is 0 Å². The third-order valence-corrected chi connectivity index (χ3v) is 2.40. The summed E-state index contributed by atoms with van der Waals surface area (Å²) in [7, 11) is 0. The van der Waals surface area contributed by atoms with Crippen molar-refractivity contribution in [2.75, 3.05) is 11.5 Å². The molecule has 0 aromatic carbocycles. The van der Waals surface area contributed by atoms with Crippen LogP contribution in [0.25, 0.3) is 0 Å². The second-order valence-electron chi connectivity index (χ2n) is 3.25. The van der Waals surface area contributed by atoms with Gasteiger partial charge in [-0.25, -0.2) is 9.97 Å². The summed E-state index contributed by atoms with van der Waals surface area (Å²) in [6.45, 7) is 0. The van der Waals surface area contributed by atoms with Gasteiger partial charge in [-0.1, -0.05) is 0 Å². The van der Waals surface area contributed by atoms with Gasteiger partial charge in [0.05, 0.1) is 11.1 Å². The van der Waals surface area contributed by atoms with Crippen molar-refractivity contribution in [1.29, 1.82) is 10.5 Å². The van der Waals surface area contributed by atoms with Crippen LogP contribution in [-0.2, 0) is 0 Å². The molecule has 0 saturated heterocycles. The minimum atomic E-state index is 0.269. The largest absolute Gasteiger partial charge is 0.383 e. The number of halogens is 1. The van der Waals surface area contributed by atoms with Crippen LogP contribution in [0.1, 0.15) is 11.1 Å². The van der Waals surface area contributed by atoms with E-state index in [4.69, 9.17) is 22.0 Å². The molecule has 0 aliphatic heterocycles. The second-order valence-corrected chi connectivity index (χ2v) is 4.16. The lowest BCUT2D eigenvalue weighted by molar-refractivity contribution is 1.29. The molecule has 2 aromatic rings. The fourth-order valence-electron chi connectivity index (χ4n) is 1.05. The summed E-state index contributed by atoms with van der Waals surface area (Å²) in [5.41, 5.74) is 11.5. The molecule has 2 heterocycles. The van der Waals surface area contributed by atoms with Gasteiger partial charge in [0.2, 0.25) is 0 Å². The minimum Gasteiger partial charge on any atom is -0.383 e. The Bertz CT molecular complexity index is 656. The van der Waals surface area contributed by atoms with E-state index >= 15 is 0 Å². The molecule has 19 heavy (non-hydrogen) atoms. The quantitative estimate of drug-likeness (QED) is 0.763. The number of pyridine rings is 2. The van der Waals surface area contributed by atoms with Crippen molar-refractivity contribution in [2.45, 2.75) is 0 Å². The number of hydrogen-bond donors (Lipinski definition) is 2. The molecule has 0 unspecified atom stereocenters. The van der Waals surface area contributed by atoms with E-state index in [1.807, 2.05) is 12.1 Å². The lowest BCUT2D eigenvalue weighted by Gasteiger charge is -1.93. The monoisotopic (exact) mass is 316 g/mol. The highest BCUT2D eigenvalue weighted by Gasteiger charge is 1.97. The summed E-state index contributed by atoms with van der Waals surface area (Å²) in [4.78, 5) is 7.46. The average molecular weight is 317 g/mol. The lowest BCUT2D eigenvalue weighted by Crippen LogP contribution is -1.93. The predicted molar refractivity (Wildman–Crippen MR) is 74.4 cm³/mol. The van der Waals surface area contributed by atoms with Crippen molar-refractivity contribution >= 4 is 27.6 Å². The van der Waals surface area contributed by atoms with Gasteiger partial charge in [-0.3, -0.25) is 0 Å². The molecule has 0 amide bonds. The summed E-state index contributed by atoms with van der Waals surface area (Å²) in [5.74, 6) is 0.561. The number of nitriles is 2. The third-order valence-electron chi connectivity index (χ3n) is 1.96. The van der Waals surface area contributed by atoms with E-state index in [0.717, 1.165) is 4.47 Å². The van der Waals surface area contributed by atoms with E-state index in [-0.39, 0.29) is 5.82 Å². The first kappa shape index (κ1) is 14.4. The molecule has 0 saturated carbocycles. The molecule has 0 bridgehead atoms. The first-order valence-electron chi connectivity index (χ1n) is 5.00. The number of nitrogens with zero attached hydrogens (tertiary/aromatic N) is 4. The third kappa shape index (κ3) is 4.26. The summed E-state index contributed by atoms with van der Waals surface area (Å²) >= 11 is 3.17. The molecule has 0 aliphatic carbocycles. The fourth-order valence-corrected chi connectivity index (χ4v) is 1.38. The first-order valence-corrected chi connectivity index (χ1v) is 5.79. The Hall–Kier alpha value is -2.64. The van der Waals surface area contributed by atoms with Crippen molar-refractivity contribution in [2.24, 2.45) is 0 Å². The van der Waals surface area contributed by atoms with Crippen molar-refractivity contribution in [3.8, 4) is 12.1 Å². The Morgan fingerprint density at radius 1 is 1.05 bits per heavy atom. The van der Waals surface area contributed by atoms with Crippen LogP contribution in [0.15, 0.2) is 35.1 Å². The number of nitrogen functional groups attached to an aromatic ring is 2. The van der Waals surface area contributed by atoms with Crippen LogP contribution < -0.4 is 11.5 Å². The number of rotatable bonds is 0. The van der Waals surface area contributed by atoms with Gasteiger partial charge in [-0.2, -0.15) is 10.5 Å². The van der Waals surface area contributed by atoms with E-state index in [9.17, 15) is 0 Å². The number of hydrogen-bond acceptors (Lipinski definition) is 6. The fraction of sp³-hybridized carbons (Fsp3) is 0. The van der Waals surface area contributed by atoms with Crippen LogP contribution in [0.5, 0.6) is 0 Å². The Morgan fingerprint density at radius 3 is 2.16 bits per heavy atom. The maximum absolute atomic E-state index is 8.45. The van der Waals surface area contributed by atoms with Gasteiger partial charge in [0.25, 0.3) is 0 Å². The number of anilines is 2. The zero-order chi connectivity index (χ0) is 14.3. The zero-order valence-electron chi connectivity index (χ0n) is 9.71. The highest BCUT2D eigenvalue weighted by molar-refractivity contribution is 9.10. The number of aromatic nitrogens is 2. The Labute approximate surface area is 118 Å². The lowest BCUT2D eigenvalue weighted by atomic mass is 10.3. The molecule has 0 radical (unpaired) electrons. The van der Waals surface area contributed by atoms with E-state index in [1.54, 1.807) is 30.6 Å². The maximum atomic E-state index is 8.45. The van der Waals surface area contributed by atoms with E-state index in [0.29, 0.717) is 16.9 Å². The number of nitrogens with two attached hydrogens (primary N) is 2. The highest BCUT2D eigenvalue weighted by Crippen LogP contribution is 2.13. The Morgan fingerprint density at radius 2 is 1.68 bits per heavy atom. The van der Waals surface area contributed by atoms with Gasteiger partial charge in [0, 0.05) is 16.9 Å². The Kier molecular flexibility index (Phi) is 5.27. The van der Waals surface area contributed by atoms with E-state index < -0.39 is 0 Å². The summed E-state index contributed by atoms with van der Waals surface area (Å²) in [6.07, 6.45) is 3.10. The van der Waals surface area contributed by atoms with Crippen LogP contribution in [-0.4, -0.2) is 9.97 Å². The molecule has 7 heteroatoms. The van der Waals surface area contributed by atoms with Crippen molar-refractivity contribution in [1.82, 2.24) is 9.97 Å². The molecule has 2 aromatic heterocycles. The standard InChI is InChI=1S/C6H4BrN3.C6H5N3/c7-5-1-4(2-8)6(9)10-3-5;7-4-5-2-1-3-9-6(5)8/h1,3H,(H2,9,10);1-3H,(H2,8,9). The molecular formula is C12H9BrN6. The van der Waals surface area contributed by atoms with Crippen LogP contribution in [0, 0.1) is 22.7 Å². The first-order chi connectivity index (χ1) is 9.08. The molecule has 6 nitrogen and oxygen atoms in total. The highest BCUT2D eigenvalue weighted by atomic mass is 79.9. The van der Waals surface area contributed by atoms with Gasteiger partial charge in [0.1, 0.15) is 23.8 Å². The molecular weight excluding hydrogens is 308 g/mol. The van der Waals surface area contributed by atoms with E-state index in [1.165, 1.54) is 0 Å². The predicted octanol–water partition coefficient (Wildman–Crippen LogP) is 1.83. The minimum absolute atomic E-state index is 0.269. The van der Waals surface area contributed by atoms with Crippen LogP contribution in [0.4, 0.5) is 11.6 Å². The average Bonchev–Trinajstić information content (AvgIpc) is 2.43. The second kappa shape index (κ2) is 6.94. The van der Waals surface area contributed by atoms with E-state index in [2.05, 4.69) is 25.9 Å². The smallest absolute Gasteiger partial charge is 0.141 e. The van der Waals surface area contributed by atoms with Gasteiger partial charge in [-0.15, -0.1) is 0 Å². The molecule has 0 aliphatic rings. The topological polar surface area (TPSA) is 125 Å². The Balaban J connectivity index is 0.000000191. The molecule has 0 fully saturated rings. The molecule has 94 valence electrons. The zero-order valence-corrected chi connectivity index (χ0v) is 11.3. The van der Waals surface area contributed by atoms with Crippen molar-refractivity contribution < 1.29 is 0 Å². The summed E-state index contributed by atoms with van der Waals surface area (Å²) in [6, 6.07) is 8.76. The summed E-state index contributed by atoms with van der Waals surface area (Å²) in [5, 5.41) is 16.8. The van der Waals surface area contributed by atoms with Gasteiger partial charge >= 0.3 is 0 Å². The van der Waals surface area contributed by atoms with Crippen LogP contribution in [0.3, 0.4) is 0 Å². The normalized spacial score (nSPS) is 8.58. The van der Waals surface area contributed by atoms with Gasteiger partial charge < -0.3 is 11.5 Å². The maximum Gasteiger partial charge on any atom is 0.141 e. The molecule has 4 N–H and O–H groups in total. The van der Waals surface area contributed by atoms with Crippen molar-refractivity contribution in [3.05, 3.63) is 46.2 Å². The van der Waals surface area contributed by atoms with Gasteiger partial charge in [-0.05, 0) is 34.1 Å². The molecule has 0 atom stereocenters. The molecule has 0 spiro atoms. The SMILES string of the molecule is N#Cc1cc(Br)cnc1N.N#Cc1cccnc1N. The molecule has 2 rings (SSSR count). The van der Waals surface area contributed by atoms with Crippen LogP contribution >= 0.6 is 15.9 Å². The summed E-state index contributed by atoms with van der Waals surface area (Å²) < 4.78 is 0.762.